The van der Waals surface area contributed by atoms with Crippen LogP contribution in [0.4, 0.5) is 0 Å². The second-order valence-electron chi connectivity index (χ2n) is 4.63. The largest absolute Gasteiger partial charge is 0.326 e. The van der Waals surface area contributed by atoms with E-state index in [1.54, 1.807) is 18.0 Å². The first kappa shape index (κ1) is 12.6. The Kier molecular flexibility index (Phi) is 3.74. The molecule has 2 N–H and O–H groups in total. The van der Waals surface area contributed by atoms with Gasteiger partial charge < -0.3 is 5.73 Å². The maximum Gasteiger partial charge on any atom is 0.214 e. The van der Waals surface area contributed by atoms with Crippen molar-refractivity contribution in [2.75, 3.05) is 0 Å². The van der Waals surface area contributed by atoms with Crippen molar-refractivity contribution in [1.29, 1.82) is 0 Å². The monoisotopic (exact) mass is 276 g/mol. The molecule has 0 saturated heterocycles. The van der Waals surface area contributed by atoms with Crippen LogP contribution in [0.15, 0.2) is 28.5 Å². The van der Waals surface area contributed by atoms with Crippen molar-refractivity contribution in [2.24, 2.45) is 5.73 Å². The van der Waals surface area contributed by atoms with Gasteiger partial charge in [-0.3, -0.25) is 4.98 Å². The second kappa shape index (κ2) is 5.66. The molecule has 19 heavy (non-hydrogen) atoms. The zero-order valence-electron chi connectivity index (χ0n) is 10.6. The molecule has 0 bridgehead atoms. The van der Waals surface area contributed by atoms with E-state index in [4.69, 9.17) is 5.73 Å². The van der Waals surface area contributed by atoms with Gasteiger partial charge in [-0.15, -0.1) is 5.10 Å². The third-order valence-electron chi connectivity index (χ3n) is 3.42. The Morgan fingerprint density at radius 1 is 1.37 bits per heavy atom. The standard InChI is InChI=1S/C12H16N6S/c13-7-9-5-6-14-8-11(9)19-12-15-16-17-18(12)10-3-1-2-4-10/h5-6,8,10H,1-4,7,13H2. The summed E-state index contributed by atoms with van der Waals surface area (Å²) < 4.78 is 1.95. The van der Waals surface area contributed by atoms with Crippen molar-refractivity contribution in [3.63, 3.8) is 0 Å². The van der Waals surface area contributed by atoms with Gasteiger partial charge in [0.25, 0.3) is 0 Å². The maximum atomic E-state index is 5.74. The van der Waals surface area contributed by atoms with E-state index in [2.05, 4.69) is 20.5 Å². The highest BCUT2D eigenvalue weighted by Gasteiger charge is 2.22. The summed E-state index contributed by atoms with van der Waals surface area (Å²) in [5, 5.41) is 12.9. The van der Waals surface area contributed by atoms with Crippen molar-refractivity contribution in [3.05, 3.63) is 24.0 Å². The highest BCUT2D eigenvalue weighted by atomic mass is 32.2. The molecule has 0 aliphatic heterocycles. The minimum atomic E-state index is 0.440. The fourth-order valence-electron chi connectivity index (χ4n) is 2.40. The van der Waals surface area contributed by atoms with Gasteiger partial charge in [0.2, 0.25) is 5.16 Å². The van der Waals surface area contributed by atoms with E-state index in [9.17, 15) is 0 Å². The average molecular weight is 276 g/mol. The van der Waals surface area contributed by atoms with Crippen LogP contribution < -0.4 is 5.73 Å². The van der Waals surface area contributed by atoms with E-state index < -0.39 is 0 Å². The number of rotatable bonds is 4. The lowest BCUT2D eigenvalue weighted by Crippen LogP contribution is -2.08. The summed E-state index contributed by atoms with van der Waals surface area (Å²) in [4.78, 5) is 5.17. The first-order valence-corrected chi connectivity index (χ1v) is 7.29. The van der Waals surface area contributed by atoms with Crippen LogP contribution in [0, 0.1) is 0 Å². The molecule has 1 aliphatic rings. The zero-order valence-corrected chi connectivity index (χ0v) is 11.4. The Morgan fingerprint density at radius 3 is 3.00 bits per heavy atom. The minimum absolute atomic E-state index is 0.440. The molecule has 0 aromatic carbocycles. The van der Waals surface area contributed by atoms with Crippen molar-refractivity contribution in [2.45, 2.75) is 48.3 Å². The summed E-state index contributed by atoms with van der Waals surface area (Å²) in [6.07, 6.45) is 8.42. The molecule has 2 aromatic rings. The predicted octanol–water partition coefficient (Wildman–Crippen LogP) is 1.79. The van der Waals surface area contributed by atoms with Gasteiger partial charge in [0, 0.05) is 23.8 Å². The Labute approximate surface area is 115 Å². The van der Waals surface area contributed by atoms with E-state index in [1.165, 1.54) is 12.8 Å². The SMILES string of the molecule is NCc1ccncc1Sc1nnnn1C1CCCC1. The van der Waals surface area contributed by atoms with Crippen molar-refractivity contribution < 1.29 is 0 Å². The van der Waals surface area contributed by atoms with Crippen LogP contribution in [-0.2, 0) is 6.54 Å². The third-order valence-corrected chi connectivity index (χ3v) is 4.46. The number of nitrogens with two attached hydrogens (primary N) is 1. The first-order chi connectivity index (χ1) is 9.38. The highest BCUT2D eigenvalue weighted by Crippen LogP contribution is 2.34. The summed E-state index contributed by atoms with van der Waals surface area (Å²) in [6, 6.07) is 2.38. The van der Waals surface area contributed by atoms with Crippen molar-refractivity contribution in [1.82, 2.24) is 25.2 Å². The van der Waals surface area contributed by atoms with Gasteiger partial charge >= 0.3 is 0 Å². The number of hydrogen-bond acceptors (Lipinski definition) is 6. The third kappa shape index (κ3) is 2.62. The summed E-state index contributed by atoms with van der Waals surface area (Å²) in [7, 11) is 0. The topological polar surface area (TPSA) is 82.5 Å². The molecule has 7 heteroatoms. The molecule has 6 nitrogen and oxygen atoms in total. The molecule has 1 saturated carbocycles. The minimum Gasteiger partial charge on any atom is -0.326 e. The maximum absolute atomic E-state index is 5.74. The lowest BCUT2D eigenvalue weighted by atomic mass is 10.3. The normalized spacial score (nSPS) is 16.1. The molecule has 0 spiro atoms. The molecule has 1 aliphatic carbocycles. The van der Waals surface area contributed by atoms with Gasteiger partial charge in [-0.05, 0) is 46.7 Å². The van der Waals surface area contributed by atoms with Gasteiger partial charge in [-0.25, -0.2) is 4.68 Å². The number of aromatic nitrogens is 5. The molecule has 100 valence electrons. The van der Waals surface area contributed by atoms with Crippen LogP contribution >= 0.6 is 11.8 Å². The summed E-state index contributed by atoms with van der Waals surface area (Å²) in [5.74, 6) is 0. The molecule has 2 aromatic heterocycles. The summed E-state index contributed by atoms with van der Waals surface area (Å²) >= 11 is 1.54. The number of nitrogens with zero attached hydrogens (tertiary/aromatic N) is 5. The quantitative estimate of drug-likeness (QED) is 0.916. The second-order valence-corrected chi connectivity index (χ2v) is 5.64. The average Bonchev–Trinajstić information content (AvgIpc) is 3.09. The molecule has 0 amide bonds. The van der Waals surface area contributed by atoms with E-state index in [0.717, 1.165) is 28.5 Å². The Balaban J connectivity index is 1.85. The van der Waals surface area contributed by atoms with Crippen molar-refractivity contribution in [3.8, 4) is 0 Å². The van der Waals surface area contributed by atoms with Crippen LogP contribution in [0.5, 0.6) is 0 Å². The Morgan fingerprint density at radius 2 is 2.21 bits per heavy atom. The van der Waals surface area contributed by atoms with Crippen LogP contribution in [0.25, 0.3) is 0 Å². The van der Waals surface area contributed by atoms with Gasteiger partial charge in [-0.1, -0.05) is 12.8 Å². The van der Waals surface area contributed by atoms with Gasteiger partial charge in [0.15, 0.2) is 0 Å². The summed E-state index contributed by atoms with van der Waals surface area (Å²) in [5.41, 5.74) is 6.81. The zero-order chi connectivity index (χ0) is 13.1. The Hall–Kier alpha value is -1.47. The Bertz CT molecular complexity index is 549. The van der Waals surface area contributed by atoms with Crippen molar-refractivity contribution >= 4 is 11.8 Å². The van der Waals surface area contributed by atoms with Crippen LogP contribution in [0.2, 0.25) is 0 Å². The number of pyridine rings is 1. The van der Waals surface area contributed by atoms with Crippen LogP contribution in [0.1, 0.15) is 37.3 Å². The number of tetrazole rings is 1. The van der Waals surface area contributed by atoms with Gasteiger partial charge in [0.05, 0.1) is 6.04 Å². The van der Waals surface area contributed by atoms with Gasteiger partial charge in [-0.2, -0.15) is 0 Å². The molecule has 0 unspecified atom stereocenters. The highest BCUT2D eigenvalue weighted by molar-refractivity contribution is 7.99. The lowest BCUT2D eigenvalue weighted by Gasteiger charge is -2.11. The molecular formula is C12H16N6S. The van der Waals surface area contributed by atoms with E-state index in [0.29, 0.717) is 12.6 Å². The fourth-order valence-corrected chi connectivity index (χ4v) is 3.35. The molecular weight excluding hydrogens is 260 g/mol. The molecule has 0 atom stereocenters. The lowest BCUT2D eigenvalue weighted by molar-refractivity contribution is 0.423. The molecule has 1 fully saturated rings. The van der Waals surface area contributed by atoms with Crippen LogP contribution in [-0.4, -0.2) is 25.2 Å². The van der Waals surface area contributed by atoms with E-state index >= 15 is 0 Å². The first-order valence-electron chi connectivity index (χ1n) is 6.47. The predicted molar refractivity (Wildman–Crippen MR) is 71.6 cm³/mol. The molecule has 2 heterocycles. The van der Waals surface area contributed by atoms with Crippen LogP contribution in [0.3, 0.4) is 0 Å². The summed E-state index contributed by atoms with van der Waals surface area (Å²) in [6.45, 7) is 0.496. The van der Waals surface area contributed by atoms with E-state index in [1.807, 2.05) is 16.9 Å². The molecule has 0 radical (unpaired) electrons. The fraction of sp³-hybridized carbons (Fsp3) is 0.500. The molecule has 3 rings (SSSR count). The number of hydrogen-bond donors (Lipinski definition) is 1. The smallest absolute Gasteiger partial charge is 0.214 e. The van der Waals surface area contributed by atoms with E-state index in [-0.39, 0.29) is 0 Å². The van der Waals surface area contributed by atoms with Gasteiger partial charge in [0.1, 0.15) is 0 Å².